The SMILES string of the molecule is Cc1cc(NCCc2ccc(CO)cc2)ncn1. The first-order valence-electron chi connectivity index (χ1n) is 5.99. The molecule has 0 spiro atoms. The van der Waals surface area contributed by atoms with Crippen LogP contribution in [0.3, 0.4) is 0 Å². The van der Waals surface area contributed by atoms with Crippen LogP contribution in [0.15, 0.2) is 36.7 Å². The Bertz CT molecular complexity index is 497. The van der Waals surface area contributed by atoms with Crippen molar-refractivity contribution in [3.63, 3.8) is 0 Å². The smallest absolute Gasteiger partial charge is 0.129 e. The average Bonchev–Trinajstić information content (AvgIpc) is 2.40. The van der Waals surface area contributed by atoms with Gasteiger partial charge < -0.3 is 10.4 Å². The molecule has 2 N–H and O–H groups in total. The van der Waals surface area contributed by atoms with Crippen molar-refractivity contribution in [3.8, 4) is 0 Å². The van der Waals surface area contributed by atoms with Gasteiger partial charge in [-0.05, 0) is 24.5 Å². The van der Waals surface area contributed by atoms with E-state index < -0.39 is 0 Å². The highest BCUT2D eigenvalue weighted by atomic mass is 16.3. The lowest BCUT2D eigenvalue weighted by Gasteiger charge is -2.06. The summed E-state index contributed by atoms with van der Waals surface area (Å²) in [6.07, 6.45) is 2.49. The van der Waals surface area contributed by atoms with Gasteiger partial charge in [-0.25, -0.2) is 9.97 Å². The Kier molecular flexibility index (Phi) is 4.25. The van der Waals surface area contributed by atoms with Crippen molar-refractivity contribution in [1.29, 1.82) is 0 Å². The van der Waals surface area contributed by atoms with E-state index in [0.29, 0.717) is 0 Å². The zero-order valence-electron chi connectivity index (χ0n) is 10.4. The average molecular weight is 243 g/mol. The van der Waals surface area contributed by atoms with Crippen molar-refractivity contribution < 1.29 is 5.11 Å². The summed E-state index contributed by atoms with van der Waals surface area (Å²) < 4.78 is 0. The van der Waals surface area contributed by atoms with Crippen LogP contribution in [0.1, 0.15) is 16.8 Å². The number of aryl methyl sites for hydroxylation is 1. The fraction of sp³-hybridized carbons (Fsp3) is 0.286. The van der Waals surface area contributed by atoms with Crippen LogP contribution in [0.5, 0.6) is 0 Å². The molecule has 2 aromatic rings. The Morgan fingerprint density at radius 2 is 1.83 bits per heavy atom. The number of nitrogens with one attached hydrogen (secondary N) is 1. The molecular formula is C14H17N3O. The first-order chi connectivity index (χ1) is 8.78. The molecule has 4 nitrogen and oxygen atoms in total. The summed E-state index contributed by atoms with van der Waals surface area (Å²) in [6, 6.07) is 9.90. The molecule has 0 aliphatic heterocycles. The van der Waals surface area contributed by atoms with E-state index in [-0.39, 0.29) is 6.61 Å². The molecule has 0 atom stereocenters. The second-order valence-electron chi connectivity index (χ2n) is 4.20. The van der Waals surface area contributed by atoms with Crippen LogP contribution in [-0.4, -0.2) is 21.6 Å². The zero-order valence-corrected chi connectivity index (χ0v) is 10.4. The summed E-state index contributed by atoms with van der Waals surface area (Å²) in [5.41, 5.74) is 3.14. The van der Waals surface area contributed by atoms with Crippen molar-refractivity contribution in [2.24, 2.45) is 0 Å². The number of aliphatic hydroxyl groups excluding tert-OH is 1. The van der Waals surface area contributed by atoms with Gasteiger partial charge in [-0.15, -0.1) is 0 Å². The zero-order chi connectivity index (χ0) is 12.8. The second kappa shape index (κ2) is 6.12. The highest BCUT2D eigenvalue weighted by Gasteiger charge is 1.96. The van der Waals surface area contributed by atoms with Gasteiger partial charge in [-0.3, -0.25) is 0 Å². The third-order valence-electron chi connectivity index (χ3n) is 2.73. The molecule has 0 saturated carbocycles. The van der Waals surface area contributed by atoms with Gasteiger partial charge in [0, 0.05) is 18.3 Å². The standard InChI is InChI=1S/C14H17N3O/c1-11-8-14(17-10-16-11)15-7-6-12-2-4-13(9-18)5-3-12/h2-5,8,10,18H,6-7,9H2,1H3,(H,15,16,17). The number of hydrogen-bond donors (Lipinski definition) is 2. The number of aliphatic hydroxyl groups is 1. The Hall–Kier alpha value is -1.94. The molecule has 0 amide bonds. The van der Waals surface area contributed by atoms with Crippen LogP contribution in [0.2, 0.25) is 0 Å². The summed E-state index contributed by atoms with van der Waals surface area (Å²) in [4.78, 5) is 8.19. The largest absolute Gasteiger partial charge is 0.392 e. The fourth-order valence-electron chi connectivity index (χ4n) is 1.70. The molecule has 0 fully saturated rings. The first-order valence-corrected chi connectivity index (χ1v) is 5.99. The number of rotatable bonds is 5. The lowest BCUT2D eigenvalue weighted by molar-refractivity contribution is 0.282. The minimum atomic E-state index is 0.0960. The van der Waals surface area contributed by atoms with E-state index in [2.05, 4.69) is 15.3 Å². The predicted octanol–water partition coefficient (Wildman–Crippen LogP) is 1.93. The minimum absolute atomic E-state index is 0.0960. The molecule has 0 saturated heterocycles. The van der Waals surface area contributed by atoms with E-state index >= 15 is 0 Å². The van der Waals surface area contributed by atoms with E-state index in [9.17, 15) is 0 Å². The van der Waals surface area contributed by atoms with E-state index in [4.69, 9.17) is 5.11 Å². The molecule has 0 aliphatic carbocycles. The van der Waals surface area contributed by atoms with Gasteiger partial charge in [-0.2, -0.15) is 0 Å². The maximum Gasteiger partial charge on any atom is 0.129 e. The van der Waals surface area contributed by atoms with E-state index in [1.807, 2.05) is 37.3 Å². The summed E-state index contributed by atoms with van der Waals surface area (Å²) in [5.74, 6) is 0.856. The van der Waals surface area contributed by atoms with Crippen molar-refractivity contribution in [2.45, 2.75) is 20.0 Å². The van der Waals surface area contributed by atoms with Crippen molar-refractivity contribution >= 4 is 5.82 Å². The van der Waals surface area contributed by atoms with E-state index in [1.165, 1.54) is 5.56 Å². The summed E-state index contributed by atoms with van der Waals surface area (Å²) in [6.45, 7) is 2.87. The fourth-order valence-corrected chi connectivity index (χ4v) is 1.70. The summed E-state index contributed by atoms with van der Waals surface area (Å²) in [7, 11) is 0. The van der Waals surface area contributed by atoms with Crippen molar-refractivity contribution in [3.05, 3.63) is 53.5 Å². The monoisotopic (exact) mass is 243 g/mol. The molecule has 2 rings (SSSR count). The molecule has 1 heterocycles. The highest BCUT2D eigenvalue weighted by molar-refractivity contribution is 5.34. The third kappa shape index (κ3) is 3.53. The van der Waals surface area contributed by atoms with Crippen LogP contribution >= 0.6 is 0 Å². The molecule has 0 aliphatic rings. The Balaban J connectivity index is 1.84. The van der Waals surface area contributed by atoms with Crippen LogP contribution in [0.25, 0.3) is 0 Å². The molecule has 0 unspecified atom stereocenters. The Morgan fingerprint density at radius 3 is 2.50 bits per heavy atom. The van der Waals surface area contributed by atoms with Crippen LogP contribution in [0, 0.1) is 6.92 Å². The highest BCUT2D eigenvalue weighted by Crippen LogP contribution is 2.06. The number of nitrogens with zero attached hydrogens (tertiary/aromatic N) is 2. The van der Waals surface area contributed by atoms with Crippen LogP contribution < -0.4 is 5.32 Å². The van der Waals surface area contributed by atoms with E-state index in [1.54, 1.807) is 6.33 Å². The van der Waals surface area contributed by atoms with Gasteiger partial charge in [0.2, 0.25) is 0 Å². The van der Waals surface area contributed by atoms with E-state index in [0.717, 1.165) is 30.0 Å². The number of anilines is 1. The number of aromatic nitrogens is 2. The van der Waals surface area contributed by atoms with Gasteiger partial charge in [0.05, 0.1) is 6.61 Å². The molecule has 1 aromatic heterocycles. The molecule has 18 heavy (non-hydrogen) atoms. The molecule has 0 bridgehead atoms. The normalized spacial score (nSPS) is 10.3. The Labute approximate surface area is 107 Å². The molecule has 0 radical (unpaired) electrons. The molecule has 1 aromatic carbocycles. The van der Waals surface area contributed by atoms with Gasteiger partial charge in [-0.1, -0.05) is 24.3 Å². The maximum atomic E-state index is 8.95. The molecular weight excluding hydrogens is 226 g/mol. The van der Waals surface area contributed by atoms with Crippen molar-refractivity contribution in [2.75, 3.05) is 11.9 Å². The minimum Gasteiger partial charge on any atom is -0.392 e. The molecule has 4 heteroatoms. The van der Waals surface area contributed by atoms with Gasteiger partial charge in [0.15, 0.2) is 0 Å². The van der Waals surface area contributed by atoms with Crippen molar-refractivity contribution in [1.82, 2.24) is 9.97 Å². The van der Waals surface area contributed by atoms with Gasteiger partial charge in [0.25, 0.3) is 0 Å². The quantitative estimate of drug-likeness (QED) is 0.842. The maximum absolute atomic E-state index is 8.95. The second-order valence-corrected chi connectivity index (χ2v) is 4.20. The lowest BCUT2D eigenvalue weighted by Crippen LogP contribution is -2.06. The summed E-state index contributed by atoms with van der Waals surface area (Å²) in [5, 5.41) is 12.2. The number of benzene rings is 1. The van der Waals surface area contributed by atoms with Crippen LogP contribution in [0.4, 0.5) is 5.82 Å². The first kappa shape index (κ1) is 12.5. The lowest BCUT2D eigenvalue weighted by atomic mass is 10.1. The number of hydrogen-bond acceptors (Lipinski definition) is 4. The topological polar surface area (TPSA) is 58.0 Å². The van der Waals surface area contributed by atoms with Crippen LogP contribution in [-0.2, 0) is 13.0 Å². The van der Waals surface area contributed by atoms with Gasteiger partial charge >= 0.3 is 0 Å². The predicted molar refractivity (Wildman–Crippen MR) is 71.3 cm³/mol. The third-order valence-corrected chi connectivity index (χ3v) is 2.73. The summed E-state index contributed by atoms with van der Waals surface area (Å²) >= 11 is 0. The molecule has 94 valence electrons. The van der Waals surface area contributed by atoms with Gasteiger partial charge in [0.1, 0.15) is 12.1 Å². The Morgan fingerprint density at radius 1 is 1.11 bits per heavy atom.